The van der Waals surface area contributed by atoms with Crippen molar-refractivity contribution in [1.82, 2.24) is 4.31 Å². The van der Waals surface area contributed by atoms with Crippen LogP contribution in [0.15, 0.2) is 53.4 Å². The summed E-state index contributed by atoms with van der Waals surface area (Å²) >= 11 is 0. The number of halogens is 1. The van der Waals surface area contributed by atoms with Gasteiger partial charge in [-0.1, -0.05) is 30.3 Å². The summed E-state index contributed by atoms with van der Waals surface area (Å²) in [4.78, 5) is 0.279. The molecule has 0 radical (unpaired) electrons. The van der Waals surface area contributed by atoms with Crippen LogP contribution in [0.3, 0.4) is 0 Å². The Morgan fingerprint density at radius 3 is 2.40 bits per heavy atom. The molecule has 0 saturated carbocycles. The molecule has 2 aromatic rings. The third kappa shape index (κ3) is 3.82. The van der Waals surface area contributed by atoms with E-state index in [0.29, 0.717) is 18.8 Å². The number of methoxy groups -OCH3 is 1. The number of hydrogen-bond acceptors (Lipinski definition) is 4. The Morgan fingerprint density at radius 2 is 1.80 bits per heavy atom. The number of hydrogen-bond donors (Lipinski definition) is 1. The molecule has 25 heavy (non-hydrogen) atoms. The second kappa shape index (κ2) is 7.74. The molecule has 1 fully saturated rings. The summed E-state index contributed by atoms with van der Waals surface area (Å²) in [6, 6.07) is 14.6. The Kier molecular flexibility index (Phi) is 6.11. The zero-order chi connectivity index (χ0) is 17.3. The van der Waals surface area contributed by atoms with Gasteiger partial charge in [0.05, 0.1) is 12.0 Å². The first-order chi connectivity index (χ1) is 11.4. The van der Waals surface area contributed by atoms with Gasteiger partial charge in [0.1, 0.15) is 5.75 Å². The fourth-order valence-corrected chi connectivity index (χ4v) is 4.79. The Balaban J connectivity index is 0.00000225. The molecule has 0 aromatic heterocycles. The van der Waals surface area contributed by atoms with E-state index in [-0.39, 0.29) is 29.3 Å². The molecule has 3 rings (SSSR count). The Hall–Kier alpha value is -1.60. The lowest BCUT2D eigenvalue weighted by atomic mass is 9.95. The van der Waals surface area contributed by atoms with Crippen molar-refractivity contribution in [3.05, 3.63) is 59.7 Å². The highest BCUT2D eigenvalue weighted by molar-refractivity contribution is 7.89. The molecule has 0 bridgehead atoms. The molecule has 1 aliphatic rings. The SMILES string of the molecule is COc1ccc(S(=O)(=O)N2C[C@@H](N)[C@H](c3ccccc3)C2)cc1C.Cl. The molecule has 0 spiro atoms. The van der Waals surface area contributed by atoms with Crippen LogP contribution in [0.2, 0.25) is 0 Å². The van der Waals surface area contributed by atoms with Gasteiger partial charge >= 0.3 is 0 Å². The number of benzene rings is 2. The van der Waals surface area contributed by atoms with Crippen LogP contribution >= 0.6 is 12.4 Å². The maximum atomic E-state index is 12.9. The first-order valence-electron chi connectivity index (χ1n) is 7.89. The maximum Gasteiger partial charge on any atom is 0.243 e. The molecule has 1 aliphatic heterocycles. The second-order valence-electron chi connectivity index (χ2n) is 6.13. The van der Waals surface area contributed by atoms with Crippen LogP contribution in [-0.4, -0.2) is 39.0 Å². The van der Waals surface area contributed by atoms with Crippen LogP contribution in [0.5, 0.6) is 5.75 Å². The summed E-state index contributed by atoms with van der Waals surface area (Å²) in [5, 5.41) is 0. The minimum Gasteiger partial charge on any atom is -0.496 e. The molecule has 5 nitrogen and oxygen atoms in total. The highest BCUT2D eigenvalue weighted by Gasteiger charge is 2.38. The fraction of sp³-hybridized carbons (Fsp3) is 0.333. The van der Waals surface area contributed by atoms with Gasteiger partial charge < -0.3 is 10.5 Å². The monoisotopic (exact) mass is 382 g/mol. The second-order valence-corrected chi connectivity index (χ2v) is 8.07. The molecule has 1 heterocycles. The van der Waals surface area contributed by atoms with Crippen molar-refractivity contribution in [2.75, 3.05) is 20.2 Å². The van der Waals surface area contributed by atoms with Gasteiger partial charge in [-0.2, -0.15) is 4.31 Å². The third-order valence-corrected chi connectivity index (χ3v) is 6.39. The van der Waals surface area contributed by atoms with Crippen LogP contribution in [0.1, 0.15) is 17.0 Å². The number of sulfonamides is 1. The first kappa shape index (κ1) is 19.7. The molecule has 2 atom stereocenters. The van der Waals surface area contributed by atoms with E-state index in [1.165, 1.54) is 4.31 Å². The zero-order valence-electron chi connectivity index (χ0n) is 14.3. The van der Waals surface area contributed by atoms with Crippen molar-refractivity contribution in [2.24, 2.45) is 5.73 Å². The lowest BCUT2D eigenvalue weighted by molar-refractivity contribution is 0.411. The molecule has 1 saturated heterocycles. The molecular weight excluding hydrogens is 360 g/mol. The summed E-state index contributed by atoms with van der Waals surface area (Å²) < 4.78 is 32.6. The van der Waals surface area contributed by atoms with E-state index in [4.69, 9.17) is 10.5 Å². The van der Waals surface area contributed by atoms with Crippen LogP contribution in [0, 0.1) is 6.92 Å². The van der Waals surface area contributed by atoms with E-state index in [0.717, 1.165) is 11.1 Å². The summed E-state index contributed by atoms with van der Waals surface area (Å²) in [5.74, 6) is 0.689. The van der Waals surface area contributed by atoms with Gasteiger partial charge in [0.2, 0.25) is 10.0 Å². The molecule has 0 aliphatic carbocycles. The van der Waals surface area contributed by atoms with Gasteiger partial charge in [-0.3, -0.25) is 0 Å². The van der Waals surface area contributed by atoms with Gasteiger partial charge in [-0.15, -0.1) is 12.4 Å². The lowest BCUT2D eigenvalue weighted by Crippen LogP contribution is -2.32. The van der Waals surface area contributed by atoms with E-state index < -0.39 is 10.0 Å². The highest BCUT2D eigenvalue weighted by Crippen LogP contribution is 2.31. The molecule has 2 aromatic carbocycles. The van der Waals surface area contributed by atoms with E-state index in [2.05, 4.69) is 0 Å². The smallest absolute Gasteiger partial charge is 0.243 e. The maximum absolute atomic E-state index is 12.9. The summed E-state index contributed by atoms with van der Waals surface area (Å²) in [6.45, 7) is 2.56. The quantitative estimate of drug-likeness (QED) is 0.881. The molecule has 2 N–H and O–H groups in total. The normalized spacial score (nSPS) is 20.9. The topological polar surface area (TPSA) is 72.6 Å². The molecule has 0 amide bonds. The number of ether oxygens (including phenoxy) is 1. The summed E-state index contributed by atoms with van der Waals surface area (Å²) in [6.07, 6.45) is 0. The standard InChI is InChI=1S/C18H22N2O3S.ClH/c1-13-10-15(8-9-18(13)23-2)24(21,22)20-11-16(17(19)12-20)14-6-4-3-5-7-14;/h3-10,16-17H,11-12,19H2,1-2H3;1H/t16-,17+;/m0./s1. The number of rotatable bonds is 4. The Labute approximate surface area is 155 Å². The lowest BCUT2D eigenvalue weighted by Gasteiger charge is -2.17. The minimum absolute atomic E-state index is 0. The Bertz CT molecular complexity index is 827. The van der Waals surface area contributed by atoms with Gasteiger partial charge in [0, 0.05) is 25.0 Å². The largest absolute Gasteiger partial charge is 0.496 e. The average molecular weight is 383 g/mol. The summed E-state index contributed by atoms with van der Waals surface area (Å²) in [7, 11) is -1.99. The van der Waals surface area contributed by atoms with E-state index in [1.807, 2.05) is 37.3 Å². The van der Waals surface area contributed by atoms with Crippen LogP contribution in [0.25, 0.3) is 0 Å². The van der Waals surface area contributed by atoms with Crippen molar-refractivity contribution in [2.45, 2.75) is 23.8 Å². The van der Waals surface area contributed by atoms with Crippen LogP contribution in [0.4, 0.5) is 0 Å². The summed E-state index contributed by atoms with van der Waals surface area (Å²) in [5.41, 5.74) is 8.10. The van der Waals surface area contributed by atoms with Crippen molar-refractivity contribution >= 4 is 22.4 Å². The molecular formula is C18H23ClN2O3S. The first-order valence-corrected chi connectivity index (χ1v) is 9.33. The van der Waals surface area contributed by atoms with Gasteiger partial charge in [-0.25, -0.2) is 8.42 Å². The molecule has 136 valence electrons. The van der Waals surface area contributed by atoms with Crippen molar-refractivity contribution < 1.29 is 13.2 Å². The molecule has 7 heteroatoms. The van der Waals surface area contributed by atoms with Gasteiger partial charge in [0.25, 0.3) is 0 Å². The predicted octanol–water partition coefficient (Wildman–Crippen LogP) is 2.54. The van der Waals surface area contributed by atoms with E-state index in [1.54, 1.807) is 25.3 Å². The van der Waals surface area contributed by atoms with Crippen LogP contribution in [-0.2, 0) is 10.0 Å². The van der Waals surface area contributed by atoms with Gasteiger partial charge in [-0.05, 0) is 36.2 Å². The average Bonchev–Trinajstić information content (AvgIpc) is 2.98. The van der Waals surface area contributed by atoms with Crippen molar-refractivity contribution in [1.29, 1.82) is 0 Å². The van der Waals surface area contributed by atoms with Crippen LogP contribution < -0.4 is 10.5 Å². The highest BCUT2D eigenvalue weighted by atomic mass is 35.5. The predicted molar refractivity (Wildman–Crippen MR) is 101 cm³/mol. The third-order valence-electron chi connectivity index (χ3n) is 4.56. The fourth-order valence-electron chi connectivity index (χ4n) is 3.20. The van der Waals surface area contributed by atoms with E-state index in [9.17, 15) is 8.42 Å². The van der Waals surface area contributed by atoms with E-state index >= 15 is 0 Å². The minimum atomic E-state index is -3.56. The Morgan fingerprint density at radius 1 is 1.12 bits per heavy atom. The zero-order valence-corrected chi connectivity index (χ0v) is 15.9. The number of nitrogens with zero attached hydrogens (tertiary/aromatic N) is 1. The molecule has 0 unspecified atom stereocenters. The van der Waals surface area contributed by atoms with Crippen molar-refractivity contribution in [3.63, 3.8) is 0 Å². The number of aryl methyl sites for hydroxylation is 1. The van der Waals surface area contributed by atoms with Gasteiger partial charge in [0.15, 0.2) is 0 Å². The van der Waals surface area contributed by atoms with Crippen molar-refractivity contribution in [3.8, 4) is 5.75 Å². The number of nitrogens with two attached hydrogens (primary N) is 1.